The maximum Gasteiger partial charge on any atom is 0.251 e. The predicted molar refractivity (Wildman–Crippen MR) is 78.6 cm³/mol. The van der Waals surface area contributed by atoms with Gasteiger partial charge in [0, 0.05) is 29.9 Å². The van der Waals surface area contributed by atoms with E-state index in [2.05, 4.69) is 10.6 Å². The van der Waals surface area contributed by atoms with E-state index in [1.54, 1.807) is 19.2 Å². The first-order valence-electron chi connectivity index (χ1n) is 6.00. The zero-order valence-electron chi connectivity index (χ0n) is 10.6. The Morgan fingerprint density at radius 3 is 2.42 bits per heavy atom. The van der Waals surface area contributed by atoms with E-state index >= 15 is 0 Å². The van der Waals surface area contributed by atoms with Crippen LogP contribution in [-0.2, 0) is 6.54 Å². The van der Waals surface area contributed by atoms with Crippen LogP contribution in [0.2, 0.25) is 5.02 Å². The molecule has 0 fully saturated rings. The minimum Gasteiger partial charge on any atom is -0.381 e. The highest BCUT2D eigenvalue weighted by Crippen LogP contribution is 2.17. The molecule has 0 aromatic heterocycles. The first-order valence-corrected chi connectivity index (χ1v) is 6.38. The molecule has 2 aromatic rings. The molecule has 0 aliphatic carbocycles. The van der Waals surface area contributed by atoms with Crippen LogP contribution in [0.3, 0.4) is 0 Å². The molecular formula is C15H15ClN2O. The van der Waals surface area contributed by atoms with Crippen molar-refractivity contribution in [2.24, 2.45) is 0 Å². The van der Waals surface area contributed by atoms with E-state index < -0.39 is 0 Å². The maximum atomic E-state index is 11.4. The van der Waals surface area contributed by atoms with Gasteiger partial charge in [-0.1, -0.05) is 29.8 Å². The first-order chi connectivity index (χ1) is 9.20. The highest BCUT2D eigenvalue weighted by molar-refractivity contribution is 6.31. The molecule has 0 aliphatic rings. The van der Waals surface area contributed by atoms with Crippen LogP contribution in [0.15, 0.2) is 48.5 Å². The number of amides is 1. The summed E-state index contributed by atoms with van der Waals surface area (Å²) in [6.45, 7) is 0.652. The predicted octanol–water partition coefficient (Wildman–Crippen LogP) is 3.31. The summed E-state index contributed by atoms with van der Waals surface area (Å²) in [6, 6.07) is 15.0. The number of benzene rings is 2. The van der Waals surface area contributed by atoms with Crippen molar-refractivity contribution >= 4 is 23.2 Å². The topological polar surface area (TPSA) is 41.1 Å². The molecule has 0 radical (unpaired) electrons. The SMILES string of the molecule is CNC(=O)c1ccc(NCc2ccccc2Cl)cc1. The number of nitrogens with one attached hydrogen (secondary N) is 2. The lowest BCUT2D eigenvalue weighted by atomic mass is 10.2. The third-order valence-electron chi connectivity index (χ3n) is 2.81. The standard InChI is InChI=1S/C15H15ClN2O/c1-17-15(19)11-6-8-13(9-7-11)18-10-12-4-2-3-5-14(12)16/h2-9,18H,10H2,1H3,(H,17,19). The van der Waals surface area contributed by atoms with Gasteiger partial charge in [0.15, 0.2) is 0 Å². The highest BCUT2D eigenvalue weighted by Gasteiger charge is 2.02. The molecule has 0 bridgehead atoms. The number of rotatable bonds is 4. The summed E-state index contributed by atoms with van der Waals surface area (Å²) in [4.78, 5) is 11.4. The molecule has 3 nitrogen and oxygen atoms in total. The van der Waals surface area contributed by atoms with Gasteiger partial charge < -0.3 is 10.6 Å². The Bertz CT molecular complexity index is 567. The van der Waals surface area contributed by atoms with Gasteiger partial charge in [-0.25, -0.2) is 0 Å². The summed E-state index contributed by atoms with van der Waals surface area (Å²) in [5.74, 6) is -0.0855. The number of hydrogen-bond acceptors (Lipinski definition) is 2. The van der Waals surface area contributed by atoms with Crippen LogP contribution >= 0.6 is 11.6 Å². The highest BCUT2D eigenvalue weighted by atomic mass is 35.5. The van der Waals surface area contributed by atoms with Gasteiger partial charge in [0.1, 0.15) is 0 Å². The van der Waals surface area contributed by atoms with E-state index in [0.717, 1.165) is 16.3 Å². The van der Waals surface area contributed by atoms with Crippen molar-refractivity contribution in [1.29, 1.82) is 0 Å². The smallest absolute Gasteiger partial charge is 0.251 e. The molecule has 2 rings (SSSR count). The van der Waals surface area contributed by atoms with Crippen LogP contribution in [0.4, 0.5) is 5.69 Å². The van der Waals surface area contributed by atoms with Gasteiger partial charge in [-0.05, 0) is 35.9 Å². The van der Waals surface area contributed by atoms with Crippen LogP contribution in [0.25, 0.3) is 0 Å². The van der Waals surface area contributed by atoms with E-state index in [0.29, 0.717) is 12.1 Å². The maximum absolute atomic E-state index is 11.4. The molecule has 0 saturated heterocycles. The van der Waals surface area contributed by atoms with Crippen molar-refractivity contribution in [1.82, 2.24) is 5.32 Å². The van der Waals surface area contributed by atoms with E-state index in [1.165, 1.54) is 0 Å². The molecular weight excluding hydrogens is 260 g/mol. The van der Waals surface area contributed by atoms with Gasteiger partial charge in [0.25, 0.3) is 5.91 Å². The van der Waals surface area contributed by atoms with E-state index in [4.69, 9.17) is 11.6 Å². The normalized spacial score (nSPS) is 10.0. The Morgan fingerprint density at radius 2 is 1.79 bits per heavy atom. The molecule has 0 heterocycles. The van der Waals surface area contributed by atoms with Crippen molar-refractivity contribution in [3.63, 3.8) is 0 Å². The summed E-state index contributed by atoms with van der Waals surface area (Å²) in [5.41, 5.74) is 2.64. The monoisotopic (exact) mass is 274 g/mol. The van der Waals surface area contributed by atoms with Gasteiger partial charge in [0.05, 0.1) is 0 Å². The molecule has 2 N–H and O–H groups in total. The van der Waals surface area contributed by atoms with Gasteiger partial charge >= 0.3 is 0 Å². The van der Waals surface area contributed by atoms with Gasteiger partial charge in [-0.15, -0.1) is 0 Å². The molecule has 1 amide bonds. The van der Waals surface area contributed by atoms with E-state index in [-0.39, 0.29) is 5.91 Å². The van der Waals surface area contributed by atoms with Gasteiger partial charge in [0.2, 0.25) is 0 Å². The number of hydrogen-bond donors (Lipinski definition) is 2. The zero-order chi connectivity index (χ0) is 13.7. The lowest BCUT2D eigenvalue weighted by Gasteiger charge is -2.08. The molecule has 19 heavy (non-hydrogen) atoms. The summed E-state index contributed by atoms with van der Waals surface area (Å²) in [5, 5.41) is 6.61. The second kappa shape index (κ2) is 6.25. The van der Waals surface area contributed by atoms with Crippen molar-refractivity contribution in [2.75, 3.05) is 12.4 Å². The second-order valence-corrected chi connectivity index (χ2v) is 4.51. The minimum absolute atomic E-state index is 0.0855. The summed E-state index contributed by atoms with van der Waals surface area (Å²) in [6.07, 6.45) is 0. The average molecular weight is 275 g/mol. The zero-order valence-corrected chi connectivity index (χ0v) is 11.4. The molecule has 2 aromatic carbocycles. The third-order valence-corrected chi connectivity index (χ3v) is 3.18. The molecule has 0 saturated carbocycles. The number of carbonyl (C=O) groups excluding carboxylic acids is 1. The quantitative estimate of drug-likeness (QED) is 0.898. The Labute approximate surface area is 117 Å². The summed E-state index contributed by atoms with van der Waals surface area (Å²) >= 11 is 6.08. The van der Waals surface area contributed by atoms with Crippen molar-refractivity contribution in [3.8, 4) is 0 Å². The average Bonchev–Trinajstić information content (AvgIpc) is 2.46. The fourth-order valence-corrected chi connectivity index (χ4v) is 1.93. The number of anilines is 1. The number of carbonyl (C=O) groups is 1. The summed E-state index contributed by atoms with van der Waals surface area (Å²) in [7, 11) is 1.62. The first kappa shape index (κ1) is 13.4. The van der Waals surface area contributed by atoms with Crippen LogP contribution in [0.1, 0.15) is 15.9 Å². The Balaban J connectivity index is 2.01. The largest absolute Gasteiger partial charge is 0.381 e. The summed E-state index contributed by atoms with van der Waals surface area (Å²) < 4.78 is 0. The lowest BCUT2D eigenvalue weighted by molar-refractivity contribution is 0.0963. The Hall–Kier alpha value is -2.00. The lowest BCUT2D eigenvalue weighted by Crippen LogP contribution is -2.17. The van der Waals surface area contributed by atoms with Crippen molar-refractivity contribution < 1.29 is 4.79 Å². The van der Waals surface area contributed by atoms with Crippen molar-refractivity contribution in [3.05, 3.63) is 64.7 Å². The van der Waals surface area contributed by atoms with Crippen LogP contribution in [-0.4, -0.2) is 13.0 Å². The van der Waals surface area contributed by atoms with Crippen LogP contribution in [0, 0.1) is 0 Å². The van der Waals surface area contributed by atoms with E-state index in [9.17, 15) is 4.79 Å². The Kier molecular flexibility index (Phi) is 4.42. The molecule has 98 valence electrons. The fourth-order valence-electron chi connectivity index (χ4n) is 1.72. The third kappa shape index (κ3) is 3.48. The van der Waals surface area contributed by atoms with Crippen LogP contribution < -0.4 is 10.6 Å². The van der Waals surface area contributed by atoms with E-state index in [1.807, 2.05) is 36.4 Å². The Morgan fingerprint density at radius 1 is 1.11 bits per heavy atom. The van der Waals surface area contributed by atoms with Crippen LogP contribution in [0.5, 0.6) is 0 Å². The number of halogens is 1. The van der Waals surface area contributed by atoms with Gasteiger partial charge in [-0.2, -0.15) is 0 Å². The van der Waals surface area contributed by atoms with Crippen molar-refractivity contribution in [2.45, 2.75) is 6.54 Å². The fraction of sp³-hybridized carbons (Fsp3) is 0.133. The molecule has 0 spiro atoms. The van der Waals surface area contributed by atoms with Gasteiger partial charge in [-0.3, -0.25) is 4.79 Å². The molecule has 0 unspecified atom stereocenters. The molecule has 4 heteroatoms. The molecule has 0 atom stereocenters. The molecule has 0 aliphatic heterocycles. The second-order valence-electron chi connectivity index (χ2n) is 4.10. The minimum atomic E-state index is -0.0855.